The van der Waals surface area contributed by atoms with Crippen molar-refractivity contribution in [3.63, 3.8) is 0 Å². The van der Waals surface area contributed by atoms with Gasteiger partial charge in [-0.25, -0.2) is 0 Å². The number of allylic oxidation sites excluding steroid dienone is 2. The van der Waals surface area contributed by atoms with E-state index in [2.05, 4.69) is 6.58 Å². The average Bonchev–Trinajstić information content (AvgIpc) is 2.21. The standard InChI is InChI=1S/C11H20O4S/c1-3-11(4-2)15-9-7-5-6-8-10-16(12,13)14/h3-4H,1,5-10H2,2H3,(H,12,13,14)/b11-4+. The van der Waals surface area contributed by atoms with E-state index < -0.39 is 10.1 Å². The summed E-state index contributed by atoms with van der Waals surface area (Å²) in [6.07, 6.45) is 6.53. The fourth-order valence-electron chi connectivity index (χ4n) is 1.19. The zero-order valence-corrected chi connectivity index (χ0v) is 10.5. The van der Waals surface area contributed by atoms with Gasteiger partial charge in [-0.15, -0.1) is 0 Å². The summed E-state index contributed by atoms with van der Waals surface area (Å²) in [5.41, 5.74) is 0. The lowest BCUT2D eigenvalue weighted by Gasteiger charge is -2.05. The quantitative estimate of drug-likeness (QED) is 0.295. The van der Waals surface area contributed by atoms with Crippen LogP contribution in [0.2, 0.25) is 0 Å². The number of unbranched alkanes of at least 4 members (excludes halogenated alkanes) is 3. The lowest BCUT2D eigenvalue weighted by atomic mass is 10.2. The van der Waals surface area contributed by atoms with Crippen molar-refractivity contribution < 1.29 is 17.7 Å². The Hall–Kier alpha value is -0.810. The Morgan fingerprint density at radius 1 is 1.31 bits per heavy atom. The molecule has 0 fully saturated rings. The lowest BCUT2D eigenvalue weighted by Crippen LogP contribution is -2.03. The Kier molecular flexibility index (Phi) is 7.93. The third-order valence-corrected chi connectivity index (χ3v) is 2.86. The molecule has 0 atom stereocenters. The molecule has 0 aliphatic carbocycles. The number of hydrogen-bond donors (Lipinski definition) is 1. The predicted molar refractivity (Wildman–Crippen MR) is 64.8 cm³/mol. The van der Waals surface area contributed by atoms with Crippen LogP contribution in [0.25, 0.3) is 0 Å². The molecule has 4 nitrogen and oxygen atoms in total. The van der Waals surface area contributed by atoms with Gasteiger partial charge in [-0.05, 0) is 31.9 Å². The second-order valence-electron chi connectivity index (χ2n) is 3.44. The van der Waals surface area contributed by atoms with Crippen LogP contribution in [-0.2, 0) is 14.9 Å². The zero-order chi connectivity index (χ0) is 12.4. The maximum atomic E-state index is 10.4. The molecule has 0 aromatic rings. The van der Waals surface area contributed by atoms with Crippen LogP contribution in [-0.4, -0.2) is 25.3 Å². The van der Waals surface area contributed by atoms with E-state index in [0.29, 0.717) is 13.0 Å². The average molecular weight is 248 g/mol. The maximum absolute atomic E-state index is 10.4. The van der Waals surface area contributed by atoms with Crippen LogP contribution < -0.4 is 0 Å². The Bertz CT molecular complexity index is 317. The van der Waals surface area contributed by atoms with Crippen LogP contribution in [0.3, 0.4) is 0 Å². The minimum atomic E-state index is -3.79. The molecule has 0 radical (unpaired) electrons. The van der Waals surface area contributed by atoms with Crippen LogP contribution in [0.4, 0.5) is 0 Å². The van der Waals surface area contributed by atoms with Gasteiger partial charge in [0.15, 0.2) is 0 Å². The van der Waals surface area contributed by atoms with Crippen molar-refractivity contribution in [2.45, 2.75) is 32.6 Å². The van der Waals surface area contributed by atoms with Crippen molar-refractivity contribution in [3.8, 4) is 0 Å². The van der Waals surface area contributed by atoms with Crippen molar-refractivity contribution >= 4 is 10.1 Å². The van der Waals surface area contributed by atoms with E-state index in [1.54, 1.807) is 6.08 Å². The zero-order valence-electron chi connectivity index (χ0n) is 9.68. The maximum Gasteiger partial charge on any atom is 0.264 e. The SMILES string of the molecule is C=C/C(=C\C)OCCCCCCS(=O)(=O)O. The van der Waals surface area contributed by atoms with Crippen LogP contribution in [0.15, 0.2) is 24.5 Å². The summed E-state index contributed by atoms with van der Waals surface area (Å²) in [6.45, 7) is 6.09. The summed E-state index contributed by atoms with van der Waals surface area (Å²) < 4.78 is 34.6. The third kappa shape index (κ3) is 9.73. The molecule has 0 unspecified atom stereocenters. The molecule has 0 rings (SSSR count). The molecule has 16 heavy (non-hydrogen) atoms. The Labute approximate surface area is 97.8 Å². The smallest absolute Gasteiger partial charge is 0.264 e. The van der Waals surface area contributed by atoms with E-state index in [0.717, 1.165) is 25.0 Å². The molecule has 0 aromatic carbocycles. The minimum absolute atomic E-state index is 0.152. The van der Waals surface area contributed by atoms with Crippen molar-refractivity contribution in [3.05, 3.63) is 24.5 Å². The van der Waals surface area contributed by atoms with E-state index in [-0.39, 0.29) is 5.75 Å². The van der Waals surface area contributed by atoms with E-state index in [1.807, 2.05) is 13.0 Å². The summed E-state index contributed by atoms with van der Waals surface area (Å²) in [6, 6.07) is 0. The molecule has 94 valence electrons. The van der Waals surface area contributed by atoms with Gasteiger partial charge in [0.2, 0.25) is 0 Å². The van der Waals surface area contributed by atoms with Crippen LogP contribution in [0.1, 0.15) is 32.6 Å². The van der Waals surface area contributed by atoms with Gasteiger partial charge in [-0.1, -0.05) is 19.4 Å². The largest absolute Gasteiger partial charge is 0.494 e. The Balaban J connectivity index is 3.38. The first-order valence-electron chi connectivity index (χ1n) is 5.36. The lowest BCUT2D eigenvalue weighted by molar-refractivity contribution is 0.216. The predicted octanol–water partition coefficient (Wildman–Crippen LogP) is 2.54. The van der Waals surface area contributed by atoms with Crippen molar-refractivity contribution in [1.29, 1.82) is 0 Å². The van der Waals surface area contributed by atoms with Crippen LogP contribution in [0, 0.1) is 0 Å². The Morgan fingerprint density at radius 3 is 2.44 bits per heavy atom. The fraction of sp³-hybridized carbons (Fsp3) is 0.636. The first-order valence-corrected chi connectivity index (χ1v) is 6.97. The first kappa shape index (κ1) is 15.2. The molecule has 0 aliphatic rings. The van der Waals surface area contributed by atoms with Gasteiger partial charge >= 0.3 is 0 Å². The highest BCUT2D eigenvalue weighted by molar-refractivity contribution is 7.85. The molecule has 0 bridgehead atoms. The van der Waals surface area contributed by atoms with Crippen molar-refractivity contribution in [2.24, 2.45) is 0 Å². The molecule has 0 spiro atoms. The summed E-state index contributed by atoms with van der Waals surface area (Å²) >= 11 is 0. The van der Waals surface area contributed by atoms with E-state index >= 15 is 0 Å². The van der Waals surface area contributed by atoms with Gasteiger partial charge in [-0.2, -0.15) is 8.42 Å². The molecule has 0 saturated carbocycles. The van der Waals surface area contributed by atoms with Gasteiger partial charge in [-0.3, -0.25) is 4.55 Å². The fourth-order valence-corrected chi connectivity index (χ4v) is 1.76. The highest BCUT2D eigenvalue weighted by Gasteiger charge is 2.02. The van der Waals surface area contributed by atoms with Crippen molar-refractivity contribution in [1.82, 2.24) is 0 Å². The third-order valence-electron chi connectivity index (χ3n) is 2.05. The second kappa shape index (κ2) is 8.35. The molecule has 0 heterocycles. The summed E-state index contributed by atoms with van der Waals surface area (Å²) in [5.74, 6) is 0.610. The highest BCUT2D eigenvalue weighted by atomic mass is 32.2. The summed E-state index contributed by atoms with van der Waals surface area (Å²) in [5, 5.41) is 0. The van der Waals surface area contributed by atoms with E-state index in [9.17, 15) is 8.42 Å². The molecule has 1 N–H and O–H groups in total. The van der Waals surface area contributed by atoms with Crippen LogP contribution in [0.5, 0.6) is 0 Å². The normalized spacial score (nSPS) is 12.5. The monoisotopic (exact) mass is 248 g/mol. The molecule has 0 amide bonds. The summed E-state index contributed by atoms with van der Waals surface area (Å²) in [7, 11) is -3.79. The number of rotatable bonds is 9. The topological polar surface area (TPSA) is 63.6 Å². The molecule has 0 aliphatic heterocycles. The Morgan fingerprint density at radius 2 is 1.94 bits per heavy atom. The number of hydrogen-bond acceptors (Lipinski definition) is 3. The molecule has 0 aromatic heterocycles. The molecular formula is C11H20O4S. The van der Waals surface area contributed by atoms with Gasteiger partial charge in [0.25, 0.3) is 10.1 Å². The molecule has 0 saturated heterocycles. The van der Waals surface area contributed by atoms with E-state index in [1.165, 1.54) is 0 Å². The second-order valence-corrected chi connectivity index (χ2v) is 5.02. The number of ether oxygens (including phenoxy) is 1. The van der Waals surface area contributed by atoms with Gasteiger partial charge in [0.05, 0.1) is 12.4 Å². The van der Waals surface area contributed by atoms with Gasteiger partial charge in [0.1, 0.15) is 5.76 Å². The molecular weight excluding hydrogens is 228 g/mol. The summed E-state index contributed by atoms with van der Waals surface area (Å²) in [4.78, 5) is 0. The first-order chi connectivity index (χ1) is 7.49. The minimum Gasteiger partial charge on any atom is -0.494 e. The van der Waals surface area contributed by atoms with Crippen molar-refractivity contribution in [2.75, 3.05) is 12.4 Å². The van der Waals surface area contributed by atoms with E-state index in [4.69, 9.17) is 9.29 Å². The molecule has 5 heteroatoms. The highest BCUT2D eigenvalue weighted by Crippen LogP contribution is 2.05. The van der Waals surface area contributed by atoms with Crippen LogP contribution >= 0.6 is 0 Å². The van der Waals surface area contributed by atoms with Gasteiger partial charge in [0, 0.05) is 0 Å². The van der Waals surface area contributed by atoms with Gasteiger partial charge < -0.3 is 4.74 Å².